The summed E-state index contributed by atoms with van der Waals surface area (Å²) in [6.07, 6.45) is 0. The second kappa shape index (κ2) is 3.13. The molecule has 1 amide bonds. The molecule has 0 unspecified atom stereocenters. The number of rotatable bonds is 2. The number of primary amides is 1. The molecule has 0 aliphatic heterocycles. The molecule has 0 saturated carbocycles. The Balaban J connectivity index is 3.27. The molecular weight excluding hydrogens is 156 g/mol. The van der Waals surface area contributed by atoms with Crippen molar-refractivity contribution in [3.05, 3.63) is 23.8 Å². The molecule has 1 aromatic carbocycles. The molecule has 0 radical (unpaired) electrons. The van der Waals surface area contributed by atoms with Gasteiger partial charge in [0.2, 0.25) is 0 Å². The minimum atomic E-state index is -0.542. The summed E-state index contributed by atoms with van der Waals surface area (Å²) in [4.78, 5) is 10.8. The number of para-hydroxylation sites is 1. The van der Waals surface area contributed by atoms with Gasteiger partial charge in [-0.15, -0.1) is 0 Å². The van der Waals surface area contributed by atoms with E-state index < -0.39 is 5.91 Å². The number of anilines is 1. The third-order valence-corrected chi connectivity index (χ3v) is 1.52. The Morgan fingerprint density at radius 1 is 1.50 bits per heavy atom. The van der Waals surface area contributed by atoms with Crippen LogP contribution in [0.5, 0.6) is 5.75 Å². The number of amides is 1. The van der Waals surface area contributed by atoms with Crippen LogP contribution in [0.25, 0.3) is 0 Å². The predicted octanol–water partition coefficient (Wildman–Crippen LogP) is 0.376. The first-order valence-electron chi connectivity index (χ1n) is 3.39. The molecule has 1 rings (SSSR count). The summed E-state index contributed by atoms with van der Waals surface area (Å²) in [5.41, 5.74) is 11.3. The van der Waals surface area contributed by atoms with Crippen LogP contribution in [0.4, 0.5) is 5.69 Å². The van der Waals surface area contributed by atoms with Gasteiger partial charge in [0, 0.05) is 0 Å². The first-order chi connectivity index (χ1) is 5.66. The van der Waals surface area contributed by atoms with Gasteiger partial charge in [-0.05, 0) is 12.1 Å². The highest BCUT2D eigenvalue weighted by Crippen LogP contribution is 2.24. The van der Waals surface area contributed by atoms with Gasteiger partial charge in [-0.3, -0.25) is 4.79 Å². The van der Waals surface area contributed by atoms with E-state index >= 15 is 0 Å². The zero-order chi connectivity index (χ0) is 9.14. The molecule has 0 saturated heterocycles. The van der Waals surface area contributed by atoms with Crippen molar-refractivity contribution in [1.82, 2.24) is 0 Å². The van der Waals surface area contributed by atoms with Crippen LogP contribution >= 0.6 is 0 Å². The summed E-state index contributed by atoms with van der Waals surface area (Å²) < 4.78 is 4.91. The Hall–Kier alpha value is -1.71. The summed E-state index contributed by atoms with van der Waals surface area (Å²) >= 11 is 0. The maximum Gasteiger partial charge on any atom is 0.252 e. The van der Waals surface area contributed by atoms with Gasteiger partial charge in [-0.1, -0.05) is 6.07 Å². The largest absolute Gasteiger partial charge is 0.494 e. The van der Waals surface area contributed by atoms with E-state index in [1.165, 1.54) is 7.11 Å². The molecule has 0 aliphatic rings. The van der Waals surface area contributed by atoms with Crippen molar-refractivity contribution >= 4 is 11.6 Å². The molecule has 12 heavy (non-hydrogen) atoms. The highest BCUT2D eigenvalue weighted by Gasteiger charge is 2.10. The van der Waals surface area contributed by atoms with Crippen LogP contribution < -0.4 is 16.2 Å². The highest BCUT2D eigenvalue weighted by atomic mass is 16.5. The van der Waals surface area contributed by atoms with E-state index in [4.69, 9.17) is 16.2 Å². The fraction of sp³-hybridized carbons (Fsp3) is 0.125. The molecule has 0 aromatic heterocycles. The Morgan fingerprint density at radius 2 is 2.17 bits per heavy atom. The second-order valence-corrected chi connectivity index (χ2v) is 2.29. The van der Waals surface area contributed by atoms with Gasteiger partial charge in [0.15, 0.2) is 5.75 Å². The minimum Gasteiger partial charge on any atom is -0.494 e. The minimum absolute atomic E-state index is 0.303. The zero-order valence-corrected chi connectivity index (χ0v) is 6.70. The third-order valence-electron chi connectivity index (χ3n) is 1.52. The Bertz CT molecular complexity index is 310. The summed E-state index contributed by atoms with van der Waals surface area (Å²) in [6, 6.07) is 4.86. The second-order valence-electron chi connectivity index (χ2n) is 2.29. The van der Waals surface area contributed by atoms with E-state index in [1.807, 2.05) is 0 Å². The number of carbonyl (C=O) groups is 1. The number of nitrogen functional groups attached to an aromatic ring is 1. The molecule has 4 N–H and O–H groups in total. The summed E-state index contributed by atoms with van der Waals surface area (Å²) in [6.45, 7) is 0. The lowest BCUT2D eigenvalue weighted by atomic mass is 10.1. The van der Waals surface area contributed by atoms with Crippen molar-refractivity contribution in [2.45, 2.75) is 0 Å². The Kier molecular flexibility index (Phi) is 2.19. The molecule has 64 valence electrons. The van der Waals surface area contributed by atoms with Gasteiger partial charge in [0.05, 0.1) is 18.4 Å². The third kappa shape index (κ3) is 1.32. The molecule has 0 atom stereocenters. The van der Waals surface area contributed by atoms with Crippen LogP contribution in [0.2, 0.25) is 0 Å². The van der Waals surface area contributed by atoms with Crippen molar-refractivity contribution in [1.29, 1.82) is 0 Å². The quantitative estimate of drug-likeness (QED) is 0.623. The lowest BCUT2D eigenvalue weighted by molar-refractivity contribution is 0.0997. The molecule has 1 aromatic rings. The van der Waals surface area contributed by atoms with Crippen molar-refractivity contribution < 1.29 is 9.53 Å². The number of methoxy groups -OCH3 is 1. The van der Waals surface area contributed by atoms with E-state index in [2.05, 4.69) is 0 Å². The van der Waals surface area contributed by atoms with Crippen LogP contribution in [0.3, 0.4) is 0 Å². The number of ether oxygens (including phenoxy) is 1. The normalized spacial score (nSPS) is 9.42. The van der Waals surface area contributed by atoms with Crippen molar-refractivity contribution in [3.8, 4) is 5.75 Å². The number of carbonyl (C=O) groups excluding carboxylic acids is 1. The predicted molar refractivity (Wildman–Crippen MR) is 45.9 cm³/mol. The monoisotopic (exact) mass is 166 g/mol. The fourth-order valence-corrected chi connectivity index (χ4v) is 0.977. The van der Waals surface area contributed by atoms with Crippen molar-refractivity contribution in [2.24, 2.45) is 5.73 Å². The first kappa shape index (κ1) is 8.39. The van der Waals surface area contributed by atoms with Gasteiger partial charge in [-0.25, -0.2) is 0 Å². The number of nitrogens with two attached hydrogens (primary N) is 2. The maximum absolute atomic E-state index is 10.8. The number of hydrogen-bond donors (Lipinski definition) is 2. The van der Waals surface area contributed by atoms with E-state index in [-0.39, 0.29) is 0 Å². The smallest absolute Gasteiger partial charge is 0.252 e. The van der Waals surface area contributed by atoms with Crippen LogP contribution in [0, 0.1) is 0 Å². The lowest BCUT2D eigenvalue weighted by Gasteiger charge is -2.07. The van der Waals surface area contributed by atoms with E-state index in [9.17, 15) is 4.79 Å². The van der Waals surface area contributed by atoms with Crippen LogP contribution in [0.15, 0.2) is 18.2 Å². The molecule has 4 heteroatoms. The Morgan fingerprint density at radius 3 is 2.58 bits per heavy atom. The van der Waals surface area contributed by atoms with Gasteiger partial charge in [0.25, 0.3) is 5.91 Å². The van der Waals surface area contributed by atoms with Crippen molar-refractivity contribution in [3.63, 3.8) is 0 Å². The molecule has 0 fully saturated rings. The topological polar surface area (TPSA) is 78.3 Å². The maximum atomic E-state index is 10.8. The average molecular weight is 166 g/mol. The summed E-state index contributed by atoms with van der Waals surface area (Å²) in [7, 11) is 1.44. The molecule has 0 aliphatic carbocycles. The van der Waals surface area contributed by atoms with Crippen LogP contribution in [-0.4, -0.2) is 13.0 Å². The first-order valence-corrected chi connectivity index (χ1v) is 3.39. The Labute approximate surface area is 70.1 Å². The van der Waals surface area contributed by atoms with Gasteiger partial charge < -0.3 is 16.2 Å². The van der Waals surface area contributed by atoms with Crippen LogP contribution in [-0.2, 0) is 0 Å². The fourth-order valence-electron chi connectivity index (χ4n) is 0.977. The van der Waals surface area contributed by atoms with E-state index in [0.29, 0.717) is 17.0 Å². The SMILES string of the molecule is COc1c(N)cccc1C(N)=O. The molecule has 0 spiro atoms. The summed E-state index contributed by atoms with van der Waals surface area (Å²) in [5, 5.41) is 0. The molecule has 0 heterocycles. The average Bonchev–Trinajstić information content (AvgIpc) is 2.03. The van der Waals surface area contributed by atoms with Crippen molar-refractivity contribution in [2.75, 3.05) is 12.8 Å². The van der Waals surface area contributed by atoms with Gasteiger partial charge in [0.1, 0.15) is 0 Å². The van der Waals surface area contributed by atoms with Gasteiger partial charge in [-0.2, -0.15) is 0 Å². The number of benzene rings is 1. The zero-order valence-electron chi connectivity index (χ0n) is 6.70. The standard InChI is InChI=1S/C8H10N2O2/c1-12-7-5(8(10)11)3-2-4-6(7)9/h2-4H,9H2,1H3,(H2,10,11). The lowest BCUT2D eigenvalue weighted by Crippen LogP contribution is -2.13. The van der Waals surface area contributed by atoms with E-state index in [0.717, 1.165) is 0 Å². The van der Waals surface area contributed by atoms with Crippen LogP contribution in [0.1, 0.15) is 10.4 Å². The number of hydrogen-bond acceptors (Lipinski definition) is 3. The molecule has 4 nitrogen and oxygen atoms in total. The van der Waals surface area contributed by atoms with E-state index in [1.54, 1.807) is 18.2 Å². The highest BCUT2D eigenvalue weighted by molar-refractivity contribution is 5.97. The molecule has 0 bridgehead atoms. The summed E-state index contributed by atoms with van der Waals surface area (Å²) in [5.74, 6) is -0.204. The molecular formula is C8H10N2O2. The van der Waals surface area contributed by atoms with Gasteiger partial charge >= 0.3 is 0 Å².